The molecular formula is C15H22. The van der Waals surface area contributed by atoms with Crippen molar-refractivity contribution in [3.63, 3.8) is 0 Å². The standard InChI is InChI=1S/C15H22/c1-14-8-15(14)7-10-6-9(10)2-4-13(15)11-3-5-12(11)14/h9-13H,2-8H2,1H3. The quantitative estimate of drug-likeness (QED) is 0.559. The molecule has 0 heterocycles. The maximum atomic E-state index is 2.66. The first-order valence-corrected chi connectivity index (χ1v) is 7.25. The van der Waals surface area contributed by atoms with Crippen LogP contribution in [-0.4, -0.2) is 0 Å². The van der Waals surface area contributed by atoms with Crippen molar-refractivity contribution in [2.45, 2.75) is 51.9 Å². The van der Waals surface area contributed by atoms with Gasteiger partial charge in [0.15, 0.2) is 0 Å². The van der Waals surface area contributed by atoms with Gasteiger partial charge < -0.3 is 0 Å². The molecule has 0 aromatic heterocycles. The highest BCUT2D eigenvalue weighted by molar-refractivity contribution is 5.28. The summed E-state index contributed by atoms with van der Waals surface area (Å²) in [7, 11) is 0. The van der Waals surface area contributed by atoms with E-state index in [-0.39, 0.29) is 0 Å². The average molecular weight is 202 g/mol. The van der Waals surface area contributed by atoms with Gasteiger partial charge in [-0.2, -0.15) is 0 Å². The van der Waals surface area contributed by atoms with Crippen molar-refractivity contribution in [3.05, 3.63) is 0 Å². The van der Waals surface area contributed by atoms with E-state index in [1.165, 1.54) is 29.6 Å². The maximum absolute atomic E-state index is 2.66. The Balaban J connectivity index is 1.60. The molecule has 0 aliphatic heterocycles. The molecule has 0 bridgehead atoms. The fourth-order valence-corrected chi connectivity index (χ4v) is 6.60. The lowest BCUT2D eigenvalue weighted by atomic mass is 9.65. The molecule has 5 fully saturated rings. The van der Waals surface area contributed by atoms with Gasteiger partial charge in [-0.3, -0.25) is 0 Å². The third kappa shape index (κ3) is 0.691. The van der Waals surface area contributed by atoms with Crippen LogP contribution >= 0.6 is 0 Å². The first kappa shape index (κ1) is 8.14. The fraction of sp³-hybridized carbons (Fsp3) is 1.00. The average Bonchev–Trinajstić information content (AvgIpc) is 2.94. The molecule has 5 rings (SSSR count). The lowest BCUT2D eigenvalue weighted by molar-refractivity contribution is 0.0952. The monoisotopic (exact) mass is 202 g/mol. The highest BCUT2D eigenvalue weighted by Crippen LogP contribution is 2.87. The van der Waals surface area contributed by atoms with Crippen LogP contribution in [0.1, 0.15) is 51.9 Å². The molecule has 5 saturated carbocycles. The van der Waals surface area contributed by atoms with Gasteiger partial charge in [0.2, 0.25) is 0 Å². The molecule has 0 radical (unpaired) electrons. The van der Waals surface area contributed by atoms with Gasteiger partial charge in [0.25, 0.3) is 0 Å². The molecule has 0 aromatic rings. The molecule has 0 nitrogen and oxygen atoms in total. The Morgan fingerprint density at radius 1 is 0.933 bits per heavy atom. The second-order valence-corrected chi connectivity index (χ2v) is 7.74. The van der Waals surface area contributed by atoms with E-state index < -0.39 is 0 Å². The van der Waals surface area contributed by atoms with Crippen molar-refractivity contribution in [3.8, 4) is 0 Å². The Hall–Kier alpha value is 0. The first-order chi connectivity index (χ1) is 7.25. The Kier molecular flexibility index (Phi) is 1.11. The summed E-state index contributed by atoms with van der Waals surface area (Å²) in [6, 6.07) is 0. The highest BCUT2D eigenvalue weighted by Gasteiger charge is 2.80. The third-order valence-electron chi connectivity index (χ3n) is 7.61. The van der Waals surface area contributed by atoms with Crippen LogP contribution in [0.3, 0.4) is 0 Å². The molecule has 7 unspecified atom stereocenters. The van der Waals surface area contributed by atoms with Crippen molar-refractivity contribution in [2.24, 2.45) is 40.4 Å². The summed E-state index contributed by atoms with van der Waals surface area (Å²) in [6.45, 7) is 2.66. The van der Waals surface area contributed by atoms with Crippen LogP contribution in [0.5, 0.6) is 0 Å². The molecule has 0 N–H and O–H groups in total. The number of rotatable bonds is 0. The number of hydrogen-bond donors (Lipinski definition) is 0. The highest BCUT2D eigenvalue weighted by atomic mass is 14.8. The molecule has 0 saturated heterocycles. The molecule has 15 heavy (non-hydrogen) atoms. The summed E-state index contributed by atoms with van der Waals surface area (Å²) >= 11 is 0. The van der Waals surface area contributed by atoms with Crippen LogP contribution in [0.15, 0.2) is 0 Å². The van der Waals surface area contributed by atoms with Crippen molar-refractivity contribution in [1.29, 1.82) is 0 Å². The maximum Gasteiger partial charge on any atom is -0.0201 e. The Morgan fingerprint density at radius 3 is 2.60 bits per heavy atom. The molecule has 5 aliphatic rings. The smallest absolute Gasteiger partial charge is 0.0201 e. The van der Waals surface area contributed by atoms with Gasteiger partial charge in [-0.15, -0.1) is 0 Å². The van der Waals surface area contributed by atoms with Gasteiger partial charge in [-0.1, -0.05) is 6.92 Å². The van der Waals surface area contributed by atoms with Crippen molar-refractivity contribution < 1.29 is 0 Å². The van der Waals surface area contributed by atoms with E-state index in [0.29, 0.717) is 0 Å². The summed E-state index contributed by atoms with van der Waals surface area (Å²) in [4.78, 5) is 0. The van der Waals surface area contributed by atoms with E-state index in [0.717, 1.165) is 10.8 Å². The SMILES string of the molecule is CC12CC13CC1CC1CCC3C1CCC12. The van der Waals surface area contributed by atoms with Crippen molar-refractivity contribution in [1.82, 2.24) is 0 Å². The van der Waals surface area contributed by atoms with E-state index in [2.05, 4.69) is 6.92 Å². The second-order valence-electron chi connectivity index (χ2n) is 7.74. The summed E-state index contributed by atoms with van der Waals surface area (Å²) in [6.07, 6.45) is 11.3. The molecular weight excluding hydrogens is 180 g/mol. The summed E-state index contributed by atoms with van der Waals surface area (Å²) in [5, 5.41) is 0. The van der Waals surface area contributed by atoms with E-state index in [1.807, 2.05) is 0 Å². The van der Waals surface area contributed by atoms with Crippen LogP contribution in [0.4, 0.5) is 0 Å². The normalized spacial score (nSPS) is 73.0. The molecule has 82 valence electrons. The van der Waals surface area contributed by atoms with E-state index in [4.69, 9.17) is 0 Å². The Labute approximate surface area is 92.8 Å². The summed E-state index contributed by atoms with van der Waals surface area (Å²) in [5.41, 5.74) is 1.74. The molecule has 0 amide bonds. The summed E-state index contributed by atoms with van der Waals surface area (Å²) < 4.78 is 0. The van der Waals surface area contributed by atoms with Crippen LogP contribution in [-0.2, 0) is 0 Å². The number of hydrogen-bond acceptors (Lipinski definition) is 0. The van der Waals surface area contributed by atoms with Gasteiger partial charge in [-0.05, 0) is 85.4 Å². The zero-order valence-corrected chi connectivity index (χ0v) is 9.84. The molecule has 0 aromatic carbocycles. The zero-order chi connectivity index (χ0) is 9.84. The lowest BCUT2D eigenvalue weighted by Gasteiger charge is -2.40. The minimum atomic E-state index is 0.845. The Bertz CT molecular complexity index is 346. The topological polar surface area (TPSA) is 0 Å². The zero-order valence-electron chi connectivity index (χ0n) is 9.84. The van der Waals surface area contributed by atoms with E-state index >= 15 is 0 Å². The summed E-state index contributed by atoms with van der Waals surface area (Å²) in [5.74, 6) is 5.94. The van der Waals surface area contributed by atoms with Crippen molar-refractivity contribution in [2.75, 3.05) is 0 Å². The largest absolute Gasteiger partial charge is 0.0588 e. The predicted molar refractivity (Wildman–Crippen MR) is 60.3 cm³/mol. The molecule has 1 spiro atoms. The molecule has 5 aliphatic carbocycles. The van der Waals surface area contributed by atoms with Crippen LogP contribution < -0.4 is 0 Å². The van der Waals surface area contributed by atoms with Crippen LogP contribution in [0.2, 0.25) is 0 Å². The third-order valence-corrected chi connectivity index (χ3v) is 7.61. The van der Waals surface area contributed by atoms with Gasteiger partial charge in [0, 0.05) is 0 Å². The molecule has 0 heteroatoms. The van der Waals surface area contributed by atoms with Crippen molar-refractivity contribution >= 4 is 0 Å². The van der Waals surface area contributed by atoms with Gasteiger partial charge in [0.05, 0.1) is 0 Å². The first-order valence-electron chi connectivity index (χ1n) is 7.25. The van der Waals surface area contributed by atoms with Gasteiger partial charge >= 0.3 is 0 Å². The van der Waals surface area contributed by atoms with E-state index in [1.54, 1.807) is 44.9 Å². The van der Waals surface area contributed by atoms with Gasteiger partial charge in [-0.25, -0.2) is 0 Å². The lowest BCUT2D eigenvalue weighted by Crippen LogP contribution is -2.31. The van der Waals surface area contributed by atoms with Crippen LogP contribution in [0, 0.1) is 40.4 Å². The Morgan fingerprint density at radius 2 is 1.80 bits per heavy atom. The number of fused-ring (bicyclic) bond motifs is 4. The minimum absolute atomic E-state index is 0.845. The van der Waals surface area contributed by atoms with E-state index in [9.17, 15) is 0 Å². The van der Waals surface area contributed by atoms with Gasteiger partial charge in [0.1, 0.15) is 0 Å². The fourth-order valence-electron chi connectivity index (χ4n) is 6.60. The second kappa shape index (κ2) is 2.05. The predicted octanol–water partition coefficient (Wildman–Crippen LogP) is 3.86. The minimum Gasteiger partial charge on any atom is -0.0588 e. The van der Waals surface area contributed by atoms with Crippen LogP contribution in [0.25, 0.3) is 0 Å². The molecule has 7 atom stereocenters.